The van der Waals surface area contributed by atoms with Crippen molar-refractivity contribution in [1.29, 1.82) is 0 Å². The van der Waals surface area contributed by atoms with Gasteiger partial charge < -0.3 is 5.11 Å². The molecule has 0 saturated carbocycles. The van der Waals surface area contributed by atoms with E-state index in [1.807, 2.05) is 0 Å². The van der Waals surface area contributed by atoms with E-state index < -0.39 is 6.10 Å². The van der Waals surface area contributed by atoms with Crippen LogP contribution < -0.4 is 0 Å². The second-order valence-corrected chi connectivity index (χ2v) is 6.22. The Morgan fingerprint density at radius 3 is 2.45 bits per heavy atom. The molecule has 0 radical (unpaired) electrons. The highest BCUT2D eigenvalue weighted by molar-refractivity contribution is 7.05. The van der Waals surface area contributed by atoms with Gasteiger partial charge in [0, 0.05) is 6.42 Å². The largest absolute Gasteiger partial charge is 0.387 e. The lowest BCUT2D eigenvalue weighted by atomic mass is 9.94. The predicted octanol–water partition coefficient (Wildman–Crippen LogP) is 3.69. The van der Waals surface area contributed by atoms with Gasteiger partial charge >= 0.3 is 0 Å². The minimum absolute atomic E-state index is 0.503. The van der Waals surface area contributed by atoms with Crippen LogP contribution in [0.1, 0.15) is 52.3 Å². The summed E-state index contributed by atoms with van der Waals surface area (Å²) in [4.78, 5) is 0.922. The monoisotopic (exact) mass is 290 g/mol. The lowest BCUT2D eigenvalue weighted by Crippen LogP contribution is -2.06. The van der Waals surface area contributed by atoms with Gasteiger partial charge in [0.1, 0.15) is 0 Å². The quantitative estimate of drug-likeness (QED) is 0.913. The summed E-state index contributed by atoms with van der Waals surface area (Å²) in [5, 5.41) is 14.7. The molecule has 1 atom stereocenters. The number of aryl methyl sites for hydroxylation is 4. The van der Waals surface area contributed by atoms with E-state index >= 15 is 0 Å². The van der Waals surface area contributed by atoms with Crippen LogP contribution in [-0.4, -0.2) is 14.7 Å². The molecule has 1 aromatic heterocycles. The Labute approximate surface area is 124 Å². The molecular formula is C16H22N2OS. The van der Waals surface area contributed by atoms with Gasteiger partial charge in [-0.1, -0.05) is 35.5 Å². The van der Waals surface area contributed by atoms with E-state index in [1.54, 1.807) is 0 Å². The summed E-state index contributed by atoms with van der Waals surface area (Å²) in [6.45, 7) is 8.44. The van der Waals surface area contributed by atoms with Gasteiger partial charge in [0.05, 0.1) is 16.7 Å². The summed E-state index contributed by atoms with van der Waals surface area (Å²) in [6.07, 6.45) is 2.04. The molecule has 4 heteroatoms. The topological polar surface area (TPSA) is 46.0 Å². The molecule has 2 rings (SSSR count). The molecule has 1 unspecified atom stereocenters. The zero-order valence-electron chi connectivity index (χ0n) is 12.6. The fourth-order valence-corrected chi connectivity index (χ4v) is 3.38. The molecule has 1 N–H and O–H groups in total. The molecule has 0 aliphatic rings. The molecule has 0 amide bonds. The number of rotatable bonds is 5. The lowest BCUT2D eigenvalue weighted by Gasteiger charge is -2.15. The Kier molecular flexibility index (Phi) is 4.89. The van der Waals surface area contributed by atoms with Gasteiger partial charge in [-0.15, -0.1) is 5.10 Å². The Morgan fingerprint density at radius 2 is 1.85 bits per heavy atom. The summed E-state index contributed by atoms with van der Waals surface area (Å²) >= 11 is 1.32. The minimum atomic E-state index is -0.503. The normalized spacial score (nSPS) is 12.7. The van der Waals surface area contributed by atoms with E-state index in [1.165, 1.54) is 33.8 Å². The Hall–Kier alpha value is -1.26. The molecule has 0 bridgehead atoms. The van der Waals surface area contributed by atoms with Gasteiger partial charge in [-0.2, -0.15) is 0 Å². The van der Waals surface area contributed by atoms with Crippen molar-refractivity contribution in [3.63, 3.8) is 0 Å². The summed E-state index contributed by atoms with van der Waals surface area (Å²) < 4.78 is 3.99. The van der Waals surface area contributed by atoms with Crippen molar-refractivity contribution in [3.05, 3.63) is 45.0 Å². The average molecular weight is 290 g/mol. The molecule has 0 spiro atoms. The van der Waals surface area contributed by atoms with Gasteiger partial charge in [-0.05, 0) is 55.4 Å². The van der Waals surface area contributed by atoms with Gasteiger partial charge in [-0.25, -0.2) is 0 Å². The van der Waals surface area contributed by atoms with Crippen molar-refractivity contribution in [3.8, 4) is 0 Å². The summed E-state index contributed by atoms with van der Waals surface area (Å²) in [5.41, 5.74) is 5.95. The SMILES string of the molecule is CCCc1nnsc1C(O)Cc1c(C)cc(C)cc1C. The third-order valence-electron chi connectivity index (χ3n) is 3.61. The van der Waals surface area contributed by atoms with Crippen molar-refractivity contribution in [2.75, 3.05) is 0 Å². The zero-order chi connectivity index (χ0) is 14.7. The maximum Gasteiger partial charge on any atom is 0.0957 e. The molecular weight excluding hydrogens is 268 g/mol. The lowest BCUT2D eigenvalue weighted by molar-refractivity contribution is 0.180. The smallest absolute Gasteiger partial charge is 0.0957 e. The average Bonchev–Trinajstić information content (AvgIpc) is 2.82. The highest BCUT2D eigenvalue weighted by Gasteiger charge is 2.18. The van der Waals surface area contributed by atoms with E-state index in [-0.39, 0.29) is 0 Å². The molecule has 20 heavy (non-hydrogen) atoms. The summed E-state index contributed by atoms with van der Waals surface area (Å²) in [6, 6.07) is 4.35. The molecule has 0 fully saturated rings. The minimum Gasteiger partial charge on any atom is -0.387 e. The van der Waals surface area contributed by atoms with Crippen LogP contribution in [0.4, 0.5) is 0 Å². The molecule has 108 valence electrons. The van der Waals surface area contributed by atoms with E-state index in [2.05, 4.69) is 49.4 Å². The second-order valence-electron chi connectivity index (χ2n) is 5.43. The van der Waals surface area contributed by atoms with Crippen LogP contribution in [0.2, 0.25) is 0 Å². The van der Waals surface area contributed by atoms with Crippen LogP contribution >= 0.6 is 11.5 Å². The van der Waals surface area contributed by atoms with Crippen molar-refractivity contribution in [1.82, 2.24) is 9.59 Å². The molecule has 0 aliphatic heterocycles. The number of aliphatic hydroxyl groups excluding tert-OH is 1. The first kappa shape index (κ1) is 15.1. The second kappa shape index (κ2) is 6.46. The number of aromatic nitrogens is 2. The highest BCUT2D eigenvalue weighted by atomic mass is 32.1. The van der Waals surface area contributed by atoms with E-state index in [0.717, 1.165) is 23.4 Å². The number of hydrogen-bond donors (Lipinski definition) is 1. The predicted molar refractivity (Wildman–Crippen MR) is 83.2 cm³/mol. The van der Waals surface area contributed by atoms with E-state index in [4.69, 9.17) is 0 Å². The molecule has 3 nitrogen and oxygen atoms in total. The standard InChI is InChI=1S/C16H22N2OS/c1-5-6-14-16(20-18-17-14)15(19)9-13-11(3)7-10(2)8-12(13)4/h7-8,15,19H,5-6,9H2,1-4H3. The van der Waals surface area contributed by atoms with Crippen LogP contribution in [-0.2, 0) is 12.8 Å². The van der Waals surface area contributed by atoms with Gasteiger partial charge in [0.25, 0.3) is 0 Å². The maximum atomic E-state index is 10.5. The zero-order valence-corrected chi connectivity index (χ0v) is 13.4. The van der Waals surface area contributed by atoms with Gasteiger partial charge in [0.2, 0.25) is 0 Å². The molecule has 0 aliphatic carbocycles. The number of aliphatic hydroxyl groups is 1. The Balaban J connectivity index is 2.23. The first-order valence-corrected chi connectivity index (χ1v) is 7.86. The molecule has 1 aromatic carbocycles. The summed E-state index contributed by atoms with van der Waals surface area (Å²) in [5.74, 6) is 0. The first-order chi connectivity index (χ1) is 9.52. The highest BCUT2D eigenvalue weighted by Crippen LogP contribution is 2.27. The van der Waals surface area contributed by atoms with Crippen molar-refractivity contribution in [2.24, 2.45) is 0 Å². The van der Waals surface area contributed by atoms with Crippen molar-refractivity contribution in [2.45, 2.75) is 53.1 Å². The number of benzene rings is 1. The van der Waals surface area contributed by atoms with Crippen LogP contribution in [0.25, 0.3) is 0 Å². The van der Waals surface area contributed by atoms with Crippen molar-refractivity contribution >= 4 is 11.5 Å². The van der Waals surface area contributed by atoms with E-state index in [9.17, 15) is 5.11 Å². The molecule has 1 heterocycles. The van der Waals surface area contributed by atoms with Gasteiger partial charge in [0.15, 0.2) is 0 Å². The molecule has 0 saturated heterocycles. The van der Waals surface area contributed by atoms with E-state index in [0.29, 0.717) is 6.42 Å². The van der Waals surface area contributed by atoms with Crippen LogP contribution in [0, 0.1) is 20.8 Å². The fraction of sp³-hybridized carbons (Fsp3) is 0.500. The number of hydrogen-bond acceptors (Lipinski definition) is 4. The Morgan fingerprint density at radius 1 is 1.20 bits per heavy atom. The third-order valence-corrected chi connectivity index (χ3v) is 4.48. The maximum absolute atomic E-state index is 10.5. The summed E-state index contributed by atoms with van der Waals surface area (Å²) in [7, 11) is 0. The van der Waals surface area contributed by atoms with Crippen LogP contribution in [0.15, 0.2) is 12.1 Å². The van der Waals surface area contributed by atoms with Crippen LogP contribution in [0.3, 0.4) is 0 Å². The third kappa shape index (κ3) is 3.25. The molecule has 2 aromatic rings. The number of nitrogens with zero attached hydrogens (tertiary/aromatic N) is 2. The van der Waals surface area contributed by atoms with Gasteiger partial charge in [-0.3, -0.25) is 0 Å². The van der Waals surface area contributed by atoms with Crippen LogP contribution in [0.5, 0.6) is 0 Å². The Bertz CT molecular complexity index is 569. The first-order valence-electron chi connectivity index (χ1n) is 7.08. The fourth-order valence-electron chi connectivity index (χ4n) is 2.70. The van der Waals surface area contributed by atoms with Crippen molar-refractivity contribution < 1.29 is 5.11 Å².